The average Bonchev–Trinajstić information content (AvgIpc) is 2.68. The normalized spacial score (nSPS) is 15.5. The van der Waals surface area contributed by atoms with E-state index >= 15 is 0 Å². The van der Waals surface area contributed by atoms with E-state index in [0.717, 1.165) is 12.5 Å². The molecule has 19 heavy (non-hydrogen) atoms. The molecule has 0 fully saturated rings. The Balaban J connectivity index is 2.64. The predicted octanol–water partition coefficient (Wildman–Crippen LogP) is 5.56. The lowest BCUT2D eigenvalue weighted by Gasteiger charge is -2.27. The van der Waals surface area contributed by atoms with Gasteiger partial charge in [-0.05, 0) is 61.1 Å². The molecule has 2 unspecified atom stereocenters. The Kier molecular flexibility index (Phi) is 6.55. The Bertz CT molecular complexity index is 362. The molecule has 0 bridgehead atoms. The van der Waals surface area contributed by atoms with E-state index in [4.69, 9.17) is 0 Å². The molecule has 1 aromatic heterocycles. The summed E-state index contributed by atoms with van der Waals surface area (Å²) < 4.78 is 0. The van der Waals surface area contributed by atoms with Crippen molar-refractivity contribution in [3.05, 3.63) is 21.9 Å². The second kappa shape index (κ2) is 7.44. The lowest BCUT2D eigenvalue weighted by atomic mass is 9.82. The summed E-state index contributed by atoms with van der Waals surface area (Å²) in [7, 11) is 0. The van der Waals surface area contributed by atoms with Crippen LogP contribution in [-0.4, -0.2) is 6.54 Å². The maximum absolute atomic E-state index is 3.72. The second-order valence-electron chi connectivity index (χ2n) is 7.10. The zero-order valence-electron chi connectivity index (χ0n) is 13.5. The van der Waals surface area contributed by atoms with Gasteiger partial charge < -0.3 is 5.32 Å². The third kappa shape index (κ3) is 6.58. The Morgan fingerprint density at radius 3 is 2.47 bits per heavy atom. The monoisotopic (exact) mass is 281 g/mol. The number of hydrogen-bond donors (Lipinski definition) is 1. The molecule has 0 aromatic carbocycles. The summed E-state index contributed by atoms with van der Waals surface area (Å²) in [5.74, 6) is 0.759. The molecule has 1 aromatic rings. The largest absolute Gasteiger partial charge is 0.310 e. The van der Waals surface area contributed by atoms with Gasteiger partial charge in [-0.15, -0.1) is 11.3 Å². The SMILES string of the molecule is CCCNC(CC(C)CC(C)(C)C)c1csc(C)c1. The van der Waals surface area contributed by atoms with E-state index in [-0.39, 0.29) is 0 Å². The van der Waals surface area contributed by atoms with Crippen molar-refractivity contribution in [1.82, 2.24) is 5.32 Å². The van der Waals surface area contributed by atoms with Gasteiger partial charge in [-0.25, -0.2) is 0 Å². The highest BCUT2D eigenvalue weighted by Crippen LogP contribution is 2.31. The van der Waals surface area contributed by atoms with Gasteiger partial charge >= 0.3 is 0 Å². The van der Waals surface area contributed by atoms with Crippen molar-refractivity contribution in [3.8, 4) is 0 Å². The van der Waals surface area contributed by atoms with E-state index in [1.807, 2.05) is 11.3 Å². The summed E-state index contributed by atoms with van der Waals surface area (Å²) in [6, 6.07) is 2.88. The fourth-order valence-corrected chi connectivity index (χ4v) is 3.59. The van der Waals surface area contributed by atoms with Crippen molar-refractivity contribution in [3.63, 3.8) is 0 Å². The lowest BCUT2D eigenvalue weighted by Crippen LogP contribution is -2.25. The summed E-state index contributed by atoms with van der Waals surface area (Å²) in [4.78, 5) is 1.42. The first kappa shape index (κ1) is 16.7. The zero-order valence-corrected chi connectivity index (χ0v) is 14.4. The Morgan fingerprint density at radius 1 is 1.32 bits per heavy atom. The van der Waals surface area contributed by atoms with Crippen molar-refractivity contribution < 1.29 is 0 Å². The van der Waals surface area contributed by atoms with Gasteiger partial charge in [0.1, 0.15) is 0 Å². The van der Waals surface area contributed by atoms with Crippen molar-refractivity contribution in [2.75, 3.05) is 6.54 Å². The van der Waals surface area contributed by atoms with Crippen molar-refractivity contribution in [1.29, 1.82) is 0 Å². The molecule has 1 rings (SSSR count). The molecular weight excluding hydrogens is 250 g/mol. The van der Waals surface area contributed by atoms with Crippen LogP contribution in [0.1, 0.15) is 70.4 Å². The predicted molar refractivity (Wildman–Crippen MR) is 87.9 cm³/mol. The van der Waals surface area contributed by atoms with Crippen molar-refractivity contribution >= 4 is 11.3 Å². The smallest absolute Gasteiger partial charge is 0.0331 e. The topological polar surface area (TPSA) is 12.0 Å². The molecule has 0 radical (unpaired) electrons. The summed E-state index contributed by atoms with van der Waals surface area (Å²) in [5.41, 5.74) is 1.91. The minimum atomic E-state index is 0.430. The first-order valence-electron chi connectivity index (χ1n) is 7.60. The van der Waals surface area contributed by atoms with Crippen LogP contribution >= 0.6 is 11.3 Å². The molecule has 0 spiro atoms. The van der Waals surface area contributed by atoms with E-state index in [0.29, 0.717) is 11.5 Å². The Morgan fingerprint density at radius 2 is 2.00 bits per heavy atom. The highest BCUT2D eigenvalue weighted by atomic mass is 32.1. The standard InChI is InChI=1S/C17H31NS/c1-7-8-18-16(15-10-14(3)19-12-15)9-13(2)11-17(4,5)6/h10,12-13,16,18H,7-9,11H2,1-6H3. The number of thiophene rings is 1. The molecule has 1 heterocycles. The van der Waals surface area contributed by atoms with Gasteiger partial charge in [0.05, 0.1) is 0 Å². The highest BCUT2D eigenvalue weighted by Gasteiger charge is 2.20. The van der Waals surface area contributed by atoms with E-state index < -0.39 is 0 Å². The van der Waals surface area contributed by atoms with Gasteiger partial charge in [-0.1, -0.05) is 34.6 Å². The van der Waals surface area contributed by atoms with Crippen molar-refractivity contribution in [2.24, 2.45) is 11.3 Å². The fraction of sp³-hybridized carbons (Fsp3) is 0.765. The summed E-state index contributed by atoms with van der Waals surface area (Å²) >= 11 is 1.87. The van der Waals surface area contributed by atoms with Gasteiger partial charge in [-0.3, -0.25) is 0 Å². The molecule has 0 aliphatic heterocycles. The summed E-state index contributed by atoms with van der Waals surface area (Å²) in [5, 5.41) is 6.05. The highest BCUT2D eigenvalue weighted by molar-refractivity contribution is 7.10. The van der Waals surface area contributed by atoms with Crippen LogP contribution in [0.15, 0.2) is 11.4 Å². The Hall–Kier alpha value is -0.340. The molecule has 0 saturated carbocycles. The fourth-order valence-electron chi connectivity index (χ4n) is 2.83. The van der Waals surface area contributed by atoms with E-state index in [1.54, 1.807) is 0 Å². The van der Waals surface area contributed by atoms with Crippen LogP contribution in [0.25, 0.3) is 0 Å². The second-order valence-corrected chi connectivity index (χ2v) is 8.22. The molecule has 0 aliphatic carbocycles. The zero-order chi connectivity index (χ0) is 14.5. The van der Waals surface area contributed by atoms with Gasteiger partial charge in [0.2, 0.25) is 0 Å². The van der Waals surface area contributed by atoms with E-state index in [9.17, 15) is 0 Å². The molecule has 0 saturated heterocycles. The van der Waals surface area contributed by atoms with Crippen LogP contribution in [0.5, 0.6) is 0 Å². The molecule has 0 aliphatic rings. The first-order valence-corrected chi connectivity index (χ1v) is 8.48. The molecule has 1 N–H and O–H groups in total. The Labute approximate surface area is 123 Å². The van der Waals surface area contributed by atoms with Crippen molar-refractivity contribution in [2.45, 2.75) is 66.8 Å². The molecule has 0 amide bonds. The average molecular weight is 282 g/mol. The van der Waals surface area contributed by atoms with Crippen LogP contribution < -0.4 is 5.32 Å². The number of nitrogens with one attached hydrogen (secondary N) is 1. The van der Waals surface area contributed by atoms with Gasteiger partial charge in [0.25, 0.3) is 0 Å². The molecule has 2 atom stereocenters. The number of aryl methyl sites for hydroxylation is 1. The van der Waals surface area contributed by atoms with Gasteiger partial charge in [-0.2, -0.15) is 0 Å². The summed E-state index contributed by atoms with van der Waals surface area (Å²) in [6.45, 7) is 15.0. The van der Waals surface area contributed by atoms with Crippen LogP contribution in [-0.2, 0) is 0 Å². The lowest BCUT2D eigenvalue weighted by molar-refractivity contribution is 0.276. The van der Waals surface area contributed by atoms with Crippen LogP contribution in [0.3, 0.4) is 0 Å². The van der Waals surface area contributed by atoms with Gasteiger partial charge in [0, 0.05) is 10.9 Å². The summed E-state index contributed by atoms with van der Waals surface area (Å²) in [6.07, 6.45) is 3.74. The molecule has 1 nitrogen and oxygen atoms in total. The quantitative estimate of drug-likeness (QED) is 0.690. The van der Waals surface area contributed by atoms with E-state index in [2.05, 4.69) is 58.3 Å². The maximum Gasteiger partial charge on any atom is 0.0331 e. The van der Waals surface area contributed by atoms with Crippen LogP contribution in [0.4, 0.5) is 0 Å². The first-order chi connectivity index (χ1) is 8.81. The number of hydrogen-bond acceptors (Lipinski definition) is 2. The van der Waals surface area contributed by atoms with Gasteiger partial charge in [0.15, 0.2) is 0 Å². The minimum absolute atomic E-state index is 0.430. The molecular formula is C17H31NS. The molecule has 110 valence electrons. The van der Waals surface area contributed by atoms with Crippen LogP contribution in [0.2, 0.25) is 0 Å². The number of rotatable bonds is 7. The molecule has 2 heteroatoms. The minimum Gasteiger partial charge on any atom is -0.310 e. The van der Waals surface area contributed by atoms with E-state index in [1.165, 1.54) is 29.7 Å². The third-order valence-corrected chi connectivity index (χ3v) is 4.27. The maximum atomic E-state index is 3.72. The third-order valence-electron chi connectivity index (χ3n) is 3.39. The van der Waals surface area contributed by atoms with Crippen LogP contribution in [0, 0.1) is 18.3 Å².